The molecule has 0 bridgehead atoms. The van der Waals surface area contributed by atoms with Crippen LogP contribution in [0, 0.1) is 0 Å². The molecule has 106 valence electrons. The van der Waals surface area contributed by atoms with Gasteiger partial charge >= 0.3 is 5.97 Å². The average Bonchev–Trinajstić information content (AvgIpc) is 2.83. The van der Waals surface area contributed by atoms with E-state index in [1.54, 1.807) is 0 Å². The van der Waals surface area contributed by atoms with E-state index < -0.39 is 24.5 Å². The first-order chi connectivity index (χ1) is 8.81. The minimum absolute atomic E-state index is 0.329. The summed E-state index contributed by atoms with van der Waals surface area (Å²) in [6, 6.07) is -1.09. The molecule has 0 saturated carbocycles. The number of carbonyl (C=O) groups excluding carboxylic acids is 2. The molecule has 1 rings (SSSR count). The number of carbonyl (C=O) groups is 2. The van der Waals surface area contributed by atoms with Gasteiger partial charge in [-0.25, -0.2) is 4.79 Å². The van der Waals surface area contributed by atoms with Crippen molar-refractivity contribution in [2.75, 3.05) is 13.7 Å². The first-order valence-corrected chi connectivity index (χ1v) is 6.41. The van der Waals surface area contributed by atoms with Crippen LogP contribution in [0.25, 0.3) is 0 Å². The Morgan fingerprint density at radius 1 is 1.47 bits per heavy atom. The topological polar surface area (TPSA) is 101 Å². The Kier molecular flexibility index (Phi) is 4.96. The van der Waals surface area contributed by atoms with Gasteiger partial charge in [-0.1, -0.05) is 25.3 Å². The number of rotatable bonds is 4. The number of nitrogens with zero attached hydrogens (tertiary/aromatic N) is 2. The van der Waals surface area contributed by atoms with Gasteiger partial charge < -0.3 is 15.2 Å². The maximum Gasteiger partial charge on any atom is 0.330 e. The van der Waals surface area contributed by atoms with E-state index in [1.165, 1.54) is 7.11 Å². The number of nitrogens with one attached hydrogen (secondary N) is 1. The van der Waals surface area contributed by atoms with Gasteiger partial charge in [-0.05, 0) is 11.5 Å². The molecule has 1 heterocycles. The lowest BCUT2D eigenvalue weighted by atomic mass is 9.91. The van der Waals surface area contributed by atoms with Crippen LogP contribution in [0.1, 0.15) is 36.1 Å². The third kappa shape index (κ3) is 3.71. The highest BCUT2D eigenvalue weighted by atomic mass is 32.1. The lowest BCUT2D eigenvalue weighted by molar-refractivity contribution is -0.143. The summed E-state index contributed by atoms with van der Waals surface area (Å²) in [6.45, 7) is 5.19. The van der Waals surface area contributed by atoms with Crippen molar-refractivity contribution < 1.29 is 19.4 Å². The van der Waals surface area contributed by atoms with E-state index in [0.717, 1.165) is 11.5 Å². The maximum atomic E-state index is 12.1. The van der Waals surface area contributed by atoms with Crippen LogP contribution in [0.4, 0.5) is 0 Å². The Labute approximate surface area is 115 Å². The minimum atomic E-state index is -1.09. The fraction of sp³-hybridized carbons (Fsp3) is 0.636. The smallest absolute Gasteiger partial charge is 0.330 e. The van der Waals surface area contributed by atoms with Crippen molar-refractivity contribution in [3.63, 3.8) is 0 Å². The molecule has 19 heavy (non-hydrogen) atoms. The van der Waals surface area contributed by atoms with Crippen molar-refractivity contribution >= 4 is 23.4 Å². The molecule has 1 atom stereocenters. The molecule has 0 aromatic carbocycles. The van der Waals surface area contributed by atoms with Crippen molar-refractivity contribution in [1.29, 1.82) is 0 Å². The zero-order valence-corrected chi connectivity index (χ0v) is 12.1. The van der Waals surface area contributed by atoms with Gasteiger partial charge in [-0.3, -0.25) is 4.79 Å². The number of amides is 1. The van der Waals surface area contributed by atoms with E-state index in [9.17, 15) is 9.59 Å². The Morgan fingerprint density at radius 3 is 2.58 bits per heavy atom. The SMILES string of the molecule is COC(=O)C(CO)NC(=O)c1snnc1C(C)(C)C. The van der Waals surface area contributed by atoms with Gasteiger partial charge in [0.05, 0.1) is 19.4 Å². The van der Waals surface area contributed by atoms with Crippen LogP contribution in [-0.2, 0) is 14.9 Å². The summed E-state index contributed by atoms with van der Waals surface area (Å²) >= 11 is 0.949. The fourth-order valence-corrected chi connectivity index (χ4v) is 2.15. The van der Waals surface area contributed by atoms with E-state index in [-0.39, 0.29) is 5.41 Å². The lowest BCUT2D eigenvalue weighted by Crippen LogP contribution is -2.44. The second-order valence-corrected chi connectivity index (χ2v) is 5.69. The molecule has 2 N–H and O–H groups in total. The molecule has 0 fully saturated rings. The summed E-state index contributed by atoms with van der Waals surface area (Å²) in [5.74, 6) is -1.20. The van der Waals surface area contributed by atoms with Gasteiger partial charge in [0.1, 0.15) is 4.88 Å². The number of aromatic nitrogens is 2. The molecule has 1 aromatic rings. The Hall–Kier alpha value is -1.54. The molecular weight excluding hydrogens is 270 g/mol. The molecule has 0 aliphatic rings. The fourth-order valence-electron chi connectivity index (χ4n) is 1.38. The van der Waals surface area contributed by atoms with Crippen LogP contribution in [-0.4, -0.2) is 46.3 Å². The molecule has 0 radical (unpaired) electrons. The van der Waals surface area contributed by atoms with Crippen molar-refractivity contribution in [3.8, 4) is 0 Å². The number of ether oxygens (including phenoxy) is 1. The van der Waals surface area contributed by atoms with Crippen LogP contribution >= 0.6 is 11.5 Å². The van der Waals surface area contributed by atoms with Crippen LogP contribution in [0.15, 0.2) is 0 Å². The number of hydrogen-bond donors (Lipinski definition) is 2. The third-order valence-corrected chi connectivity index (χ3v) is 3.10. The molecule has 1 unspecified atom stereocenters. The van der Waals surface area contributed by atoms with Gasteiger partial charge in [-0.15, -0.1) is 5.10 Å². The highest BCUT2D eigenvalue weighted by Crippen LogP contribution is 2.25. The first-order valence-electron chi connectivity index (χ1n) is 5.63. The lowest BCUT2D eigenvalue weighted by Gasteiger charge is -2.17. The predicted octanol–water partition coefficient (Wildman–Crippen LogP) is 0.0993. The zero-order chi connectivity index (χ0) is 14.6. The molecule has 1 aromatic heterocycles. The number of hydrogen-bond acceptors (Lipinski definition) is 7. The van der Waals surface area contributed by atoms with E-state index in [0.29, 0.717) is 10.6 Å². The summed E-state index contributed by atoms with van der Waals surface area (Å²) < 4.78 is 8.24. The van der Waals surface area contributed by atoms with Gasteiger partial charge in [-0.2, -0.15) is 0 Å². The van der Waals surface area contributed by atoms with Crippen molar-refractivity contribution in [3.05, 3.63) is 10.6 Å². The largest absolute Gasteiger partial charge is 0.467 e. The van der Waals surface area contributed by atoms with Crippen molar-refractivity contribution in [1.82, 2.24) is 14.9 Å². The maximum absolute atomic E-state index is 12.1. The van der Waals surface area contributed by atoms with E-state index in [4.69, 9.17) is 5.11 Å². The Bertz CT molecular complexity index is 467. The standard InChI is InChI=1S/C11H17N3O4S/c1-11(2,3)8-7(19-14-13-8)9(16)12-6(5-15)10(17)18-4/h6,15H,5H2,1-4H3,(H,12,16). The second-order valence-electron chi connectivity index (χ2n) is 4.93. The molecule has 0 saturated heterocycles. The highest BCUT2D eigenvalue weighted by Gasteiger charge is 2.29. The van der Waals surface area contributed by atoms with E-state index in [2.05, 4.69) is 19.6 Å². The average molecular weight is 287 g/mol. The van der Waals surface area contributed by atoms with Crippen LogP contribution in [0.2, 0.25) is 0 Å². The van der Waals surface area contributed by atoms with Crippen LogP contribution < -0.4 is 5.32 Å². The van der Waals surface area contributed by atoms with E-state index in [1.807, 2.05) is 20.8 Å². The Morgan fingerprint density at radius 2 is 2.11 bits per heavy atom. The second kappa shape index (κ2) is 6.07. The van der Waals surface area contributed by atoms with Gasteiger partial charge in [0.25, 0.3) is 5.91 Å². The summed E-state index contributed by atoms with van der Waals surface area (Å²) in [5, 5.41) is 15.4. The molecule has 0 aliphatic heterocycles. The predicted molar refractivity (Wildman–Crippen MR) is 69.0 cm³/mol. The summed E-state index contributed by atoms with van der Waals surface area (Å²) in [7, 11) is 1.19. The van der Waals surface area contributed by atoms with Crippen LogP contribution in [0.5, 0.6) is 0 Å². The zero-order valence-electron chi connectivity index (χ0n) is 11.3. The summed E-state index contributed by atoms with van der Waals surface area (Å²) in [6.07, 6.45) is 0. The highest BCUT2D eigenvalue weighted by molar-refractivity contribution is 7.08. The quantitative estimate of drug-likeness (QED) is 0.762. The van der Waals surface area contributed by atoms with Gasteiger partial charge in [0.15, 0.2) is 6.04 Å². The number of aliphatic hydroxyl groups excluding tert-OH is 1. The third-order valence-electron chi connectivity index (χ3n) is 2.38. The molecule has 1 amide bonds. The monoisotopic (exact) mass is 287 g/mol. The van der Waals surface area contributed by atoms with Crippen LogP contribution in [0.3, 0.4) is 0 Å². The molecule has 8 heteroatoms. The molecule has 0 aliphatic carbocycles. The Balaban J connectivity index is 2.90. The summed E-state index contributed by atoms with van der Waals surface area (Å²) in [4.78, 5) is 23.7. The minimum Gasteiger partial charge on any atom is -0.467 e. The normalized spacial score (nSPS) is 12.9. The number of methoxy groups -OCH3 is 1. The molecular formula is C11H17N3O4S. The first kappa shape index (κ1) is 15.5. The summed E-state index contributed by atoms with van der Waals surface area (Å²) in [5.41, 5.74) is 0.219. The van der Waals surface area contributed by atoms with Crippen molar-refractivity contribution in [2.24, 2.45) is 0 Å². The van der Waals surface area contributed by atoms with E-state index >= 15 is 0 Å². The van der Waals surface area contributed by atoms with Gasteiger partial charge in [0.2, 0.25) is 0 Å². The molecule has 7 nitrogen and oxygen atoms in total. The van der Waals surface area contributed by atoms with Gasteiger partial charge in [0, 0.05) is 5.41 Å². The number of esters is 1. The van der Waals surface area contributed by atoms with Crippen molar-refractivity contribution in [2.45, 2.75) is 32.2 Å². The number of aliphatic hydroxyl groups is 1. The molecule has 0 spiro atoms.